The van der Waals surface area contributed by atoms with E-state index in [0.717, 1.165) is 13.1 Å². The second kappa shape index (κ2) is 6.63. The molecule has 2 heteroatoms. The topological polar surface area (TPSA) is 27.8 Å². The van der Waals surface area contributed by atoms with Crippen LogP contribution in [0.2, 0.25) is 0 Å². The van der Waals surface area contributed by atoms with E-state index in [0.29, 0.717) is 0 Å². The van der Waals surface area contributed by atoms with Crippen LogP contribution < -0.4 is 5.32 Å². The molecule has 1 heterocycles. The zero-order chi connectivity index (χ0) is 15.4. The van der Waals surface area contributed by atoms with Crippen molar-refractivity contribution >= 4 is 0 Å². The van der Waals surface area contributed by atoms with Crippen molar-refractivity contribution in [3.63, 3.8) is 0 Å². The number of H-pyrrole nitrogens is 1. The molecule has 2 N–H and O–H groups in total. The van der Waals surface area contributed by atoms with Gasteiger partial charge in [-0.1, -0.05) is 60.2 Å². The van der Waals surface area contributed by atoms with Gasteiger partial charge >= 0.3 is 0 Å². The van der Waals surface area contributed by atoms with Gasteiger partial charge < -0.3 is 10.3 Å². The first-order valence-corrected chi connectivity index (χ1v) is 7.72. The van der Waals surface area contributed by atoms with Crippen LogP contribution >= 0.6 is 0 Å². The summed E-state index contributed by atoms with van der Waals surface area (Å²) in [7, 11) is 0. The Balaban J connectivity index is 1.73. The van der Waals surface area contributed by atoms with Crippen molar-refractivity contribution < 1.29 is 0 Å². The second-order valence-corrected chi connectivity index (χ2v) is 5.78. The Kier molecular flexibility index (Phi) is 4.40. The van der Waals surface area contributed by atoms with E-state index in [4.69, 9.17) is 0 Å². The maximum absolute atomic E-state index is 3.52. The molecule has 0 fully saturated rings. The molecule has 3 rings (SSSR count). The quantitative estimate of drug-likeness (QED) is 0.707. The van der Waals surface area contributed by atoms with Gasteiger partial charge in [-0.2, -0.15) is 0 Å². The number of nitrogens with one attached hydrogen (secondary N) is 2. The molecule has 0 saturated carbocycles. The summed E-state index contributed by atoms with van der Waals surface area (Å²) in [4.78, 5) is 3.41. The van der Waals surface area contributed by atoms with E-state index < -0.39 is 0 Å². The molecule has 0 bridgehead atoms. The predicted molar refractivity (Wildman–Crippen MR) is 92.7 cm³/mol. The third-order valence-corrected chi connectivity index (χ3v) is 3.97. The van der Waals surface area contributed by atoms with Gasteiger partial charge in [0, 0.05) is 30.5 Å². The van der Waals surface area contributed by atoms with Gasteiger partial charge in [0.15, 0.2) is 0 Å². The molecular formula is C20H22N2. The molecule has 0 atom stereocenters. The third-order valence-electron chi connectivity index (χ3n) is 3.97. The van der Waals surface area contributed by atoms with Gasteiger partial charge in [0.05, 0.1) is 0 Å². The standard InChI is InChI=1S/C20H22N2/c1-15-8-10-18(11-9-15)20-16(2)12-22-19(20)14-21-13-17-6-4-3-5-7-17/h3-12,21-22H,13-14H2,1-2H3. The molecule has 112 valence electrons. The van der Waals surface area contributed by atoms with Gasteiger partial charge in [0.25, 0.3) is 0 Å². The van der Waals surface area contributed by atoms with Gasteiger partial charge in [0.1, 0.15) is 0 Å². The highest BCUT2D eigenvalue weighted by Crippen LogP contribution is 2.27. The van der Waals surface area contributed by atoms with Gasteiger partial charge in [-0.25, -0.2) is 0 Å². The first-order valence-electron chi connectivity index (χ1n) is 7.72. The van der Waals surface area contributed by atoms with Crippen molar-refractivity contribution in [1.29, 1.82) is 0 Å². The molecule has 0 aliphatic rings. The highest BCUT2D eigenvalue weighted by atomic mass is 14.9. The normalized spacial score (nSPS) is 10.8. The number of aromatic nitrogens is 1. The van der Waals surface area contributed by atoms with Crippen molar-refractivity contribution in [3.05, 3.63) is 83.2 Å². The molecular weight excluding hydrogens is 268 g/mol. The molecule has 0 unspecified atom stereocenters. The Morgan fingerprint density at radius 3 is 2.32 bits per heavy atom. The van der Waals surface area contributed by atoms with Crippen LogP contribution in [0.4, 0.5) is 0 Å². The van der Waals surface area contributed by atoms with Crippen LogP contribution in [0.15, 0.2) is 60.8 Å². The molecule has 22 heavy (non-hydrogen) atoms. The molecule has 0 spiro atoms. The first kappa shape index (κ1) is 14.6. The zero-order valence-electron chi connectivity index (χ0n) is 13.2. The van der Waals surface area contributed by atoms with E-state index in [-0.39, 0.29) is 0 Å². The lowest BCUT2D eigenvalue weighted by Crippen LogP contribution is -2.13. The number of hydrogen-bond acceptors (Lipinski definition) is 1. The summed E-state index contributed by atoms with van der Waals surface area (Å²) in [6, 6.07) is 19.2. The Morgan fingerprint density at radius 2 is 1.59 bits per heavy atom. The molecule has 0 radical (unpaired) electrons. The molecule has 2 aromatic carbocycles. The molecule has 2 nitrogen and oxygen atoms in total. The van der Waals surface area contributed by atoms with Crippen LogP contribution in [-0.4, -0.2) is 4.98 Å². The van der Waals surface area contributed by atoms with Gasteiger partial charge in [-0.05, 0) is 30.5 Å². The van der Waals surface area contributed by atoms with Crippen LogP contribution in [-0.2, 0) is 13.1 Å². The lowest BCUT2D eigenvalue weighted by Gasteiger charge is -2.08. The molecule has 0 amide bonds. The van der Waals surface area contributed by atoms with Crippen LogP contribution in [0.3, 0.4) is 0 Å². The third kappa shape index (κ3) is 3.29. The van der Waals surface area contributed by atoms with Crippen molar-refractivity contribution in [2.75, 3.05) is 0 Å². The second-order valence-electron chi connectivity index (χ2n) is 5.78. The van der Waals surface area contributed by atoms with Crippen LogP contribution in [0.25, 0.3) is 11.1 Å². The van der Waals surface area contributed by atoms with E-state index >= 15 is 0 Å². The number of hydrogen-bond donors (Lipinski definition) is 2. The van der Waals surface area contributed by atoms with E-state index in [1.54, 1.807) is 0 Å². The Morgan fingerprint density at radius 1 is 0.864 bits per heavy atom. The highest BCUT2D eigenvalue weighted by molar-refractivity contribution is 5.70. The minimum atomic E-state index is 0.839. The van der Waals surface area contributed by atoms with Gasteiger partial charge in [-0.15, -0.1) is 0 Å². The first-order chi connectivity index (χ1) is 10.7. The SMILES string of the molecule is Cc1ccc(-c2c(C)c[nH]c2CNCc2ccccc2)cc1. The summed E-state index contributed by atoms with van der Waals surface area (Å²) in [6.45, 7) is 6.00. The lowest BCUT2D eigenvalue weighted by atomic mass is 10.0. The fraction of sp³-hybridized carbons (Fsp3) is 0.200. The number of aryl methyl sites for hydroxylation is 2. The van der Waals surface area contributed by atoms with E-state index in [1.165, 1.54) is 33.5 Å². The monoisotopic (exact) mass is 290 g/mol. The predicted octanol–water partition coefficient (Wildman–Crippen LogP) is 4.59. The number of benzene rings is 2. The minimum Gasteiger partial charge on any atom is -0.363 e. The van der Waals surface area contributed by atoms with Crippen LogP contribution in [0.5, 0.6) is 0 Å². The molecule has 0 saturated heterocycles. The van der Waals surface area contributed by atoms with Crippen molar-refractivity contribution in [3.8, 4) is 11.1 Å². The summed E-state index contributed by atoms with van der Waals surface area (Å²) < 4.78 is 0. The lowest BCUT2D eigenvalue weighted by molar-refractivity contribution is 0.683. The van der Waals surface area contributed by atoms with Crippen molar-refractivity contribution in [2.45, 2.75) is 26.9 Å². The summed E-state index contributed by atoms with van der Waals surface area (Å²) in [5, 5.41) is 3.52. The fourth-order valence-corrected chi connectivity index (χ4v) is 2.77. The largest absolute Gasteiger partial charge is 0.363 e. The Labute approximate surface area is 132 Å². The average molecular weight is 290 g/mol. The zero-order valence-corrected chi connectivity index (χ0v) is 13.2. The highest BCUT2D eigenvalue weighted by Gasteiger charge is 2.10. The number of aromatic amines is 1. The smallest absolute Gasteiger partial charge is 0.0370 e. The van der Waals surface area contributed by atoms with Crippen LogP contribution in [0.1, 0.15) is 22.4 Å². The Bertz CT molecular complexity index is 724. The summed E-state index contributed by atoms with van der Waals surface area (Å²) in [5.41, 5.74) is 7.74. The van der Waals surface area contributed by atoms with E-state index in [1.807, 2.05) is 6.07 Å². The summed E-state index contributed by atoms with van der Waals surface area (Å²) in [6.07, 6.45) is 2.09. The number of rotatable bonds is 5. The summed E-state index contributed by atoms with van der Waals surface area (Å²) >= 11 is 0. The molecule has 3 aromatic rings. The Hall–Kier alpha value is -2.32. The fourth-order valence-electron chi connectivity index (χ4n) is 2.77. The van der Waals surface area contributed by atoms with Crippen molar-refractivity contribution in [1.82, 2.24) is 10.3 Å². The van der Waals surface area contributed by atoms with E-state index in [9.17, 15) is 0 Å². The van der Waals surface area contributed by atoms with Crippen LogP contribution in [0, 0.1) is 13.8 Å². The van der Waals surface area contributed by atoms with Crippen molar-refractivity contribution in [2.24, 2.45) is 0 Å². The van der Waals surface area contributed by atoms with Gasteiger partial charge in [-0.3, -0.25) is 0 Å². The minimum absolute atomic E-state index is 0.839. The molecule has 0 aliphatic carbocycles. The average Bonchev–Trinajstić information content (AvgIpc) is 2.90. The molecule has 0 aliphatic heterocycles. The maximum atomic E-state index is 3.52. The van der Waals surface area contributed by atoms with Gasteiger partial charge in [0.2, 0.25) is 0 Å². The maximum Gasteiger partial charge on any atom is 0.0370 e. The molecule has 1 aromatic heterocycles. The van der Waals surface area contributed by atoms with E-state index in [2.05, 4.69) is 78.9 Å². The summed E-state index contributed by atoms with van der Waals surface area (Å²) in [5.74, 6) is 0.